The summed E-state index contributed by atoms with van der Waals surface area (Å²) in [6.45, 7) is 1.67. The number of pyridine rings is 1. The summed E-state index contributed by atoms with van der Waals surface area (Å²) in [6.07, 6.45) is 0.109. The van der Waals surface area contributed by atoms with Crippen LogP contribution in [-0.2, 0) is 4.79 Å². The number of carbonyl (C=O) groups is 2. The van der Waals surface area contributed by atoms with Gasteiger partial charge in [-0.1, -0.05) is 18.2 Å². The van der Waals surface area contributed by atoms with Crippen molar-refractivity contribution in [2.24, 2.45) is 0 Å². The van der Waals surface area contributed by atoms with Gasteiger partial charge in [0.1, 0.15) is 0 Å². The number of carbonyl (C=O) groups excluding carboxylic acids is 2. The highest BCUT2D eigenvalue weighted by atomic mass is 19.1. The Balaban J connectivity index is 2.50. The van der Waals surface area contributed by atoms with Crippen LogP contribution in [0.3, 0.4) is 0 Å². The van der Waals surface area contributed by atoms with Crippen LogP contribution in [0.25, 0.3) is 0 Å². The van der Waals surface area contributed by atoms with Gasteiger partial charge in [0, 0.05) is 11.6 Å². The smallest absolute Gasteiger partial charge is 0.266 e. The summed E-state index contributed by atoms with van der Waals surface area (Å²) >= 11 is 0. The predicted molar refractivity (Wildman–Crippen MR) is 72.6 cm³/mol. The van der Waals surface area contributed by atoms with Crippen LogP contribution in [0.15, 0.2) is 30.3 Å². The van der Waals surface area contributed by atoms with E-state index in [1.54, 1.807) is 25.1 Å². The molecule has 0 atom stereocenters. The first-order valence-electron chi connectivity index (χ1n) is 5.91. The van der Waals surface area contributed by atoms with Crippen LogP contribution in [0.2, 0.25) is 0 Å². The summed E-state index contributed by atoms with van der Waals surface area (Å²) < 4.78 is 26.8. The zero-order chi connectivity index (χ0) is 15.6. The van der Waals surface area contributed by atoms with Gasteiger partial charge in [-0.3, -0.25) is 9.59 Å². The average molecular weight is 291 g/mol. The molecule has 0 saturated carbocycles. The van der Waals surface area contributed by atoms with Gasteiger partial charge < -0.3 is 5.73 Å². The van der Waals surface area contributed by atoms with Crippen LogP contribution in [0.4, 0.5) is 20.4 Å². The zero-order valence-electron chi connectivity index (χ0n) is 11.0. The summed E-state index contributed by atoms with van der Waals surface area (Å²) in [5.74, 6) is -4.24. The van der Waals surface area contributed by atoms with Crippen molar-refractivity contribution in [3.8, 4) is 0 Å². The molecular weight excluding hydrogens is 280 g/mol. The molecule has 0 fully saturated rings. The fraction of sp³-hybridized carbons (Fsp3) is 0.0714. The monoisotopic (exact) mass is 291 g/mol. The third kappa shape index (κ3) is 2.71. The van der Waals surface area contributed by atoms with Crippen LogP contribution in [0.1, 0.15) is 15.9 Å². The highest BCUT2D eigenvalue weighted by Crippen LogP contribution is 2.22. The van der Waals surface area contributed by atoms with E-state index in [9.17, 15) is 18.4 Å². The zero-order valence-corrected chi connectivity index (χ0v) is 11.0. The molecule has 2 amide bonds. The summed E-state index contributed by atoms with van der Waals surface area (Å²) in [7, 11) is 0. The maximum Gasteiger partial charge on any atom is 0.266 e. The molecule has 0 bridgehead atoms. The minimum atomic E-state index is -1.16. The number of hydrogen-bond acceptors (Lipinski definition) is 4. The topological polar surface area (TPSA) is 76.3 Å². The van der Waals surface area contributed by atoms with Crippen molar-refractivity contribution in [2.75, 3.05) is 10.6 Å². The number of nitrogens with zero attached hydrogens (tertiary/aromatic N) is 2. The van der Waals surface area contributed by atoms with Gasteiger partial charge in [0.2, 0.25) is 6.41 Å². The average Bonchev–Trinajstić information content (AvgIpc) is 2.45. The van der Waals surface area contributed by atoms with Crippen molar-refractivity contribution in [3.63, 3.8) is 0 Å². The maximum absolute atomic E-state index is 13.7. The number of nitrogens with two attached hydrogens (primary N) is 1. The second-order valence-corrected chi connectivity index (χ2v) is 4.26. The molecule has 0 radical (unpaired) electrons. The van der Waals surface area contributed by atoms with Crippen LogP contribution in [-0.4, -0.2) is 17.3 Å². The normalized spacial score (nSPS) is 10.2. The van der Waals surface area contributed by atoms with E-state index in [1.807, 2.05) is 0 Å². The maximum atomic E-state index is 13.7. The van der Waals surface area contributed by atoms with Crippen molar-refractivity contribution in [1.82, 2.24) is 4.98 Å². The van der Waals surface area contributed by atoms with E-state index in [4.69, 9.17) is 5.73 Å². The van der Waals surface area contributed by atoms with Crippen molar-refractivity contribution in [1.29, 1.82) is 0 Å². The lowest BCUT2D eigenvalue weighted by Crippen LogP contribution is -2.32. The molecule has 2 aromatic rings. The Bertz CT molecular complexity index is 719. The largest absolute Gasteiger partial charge is 0.381 e. The molecular formula is C14H11F2N3O2. The van der Waals surface area contributed by atoms with Gasteiger partial charge in [-0.15, -0.1) is 0 Å². The van der Waals surface area contributed by atoms with E-state index < -0.39 is 29.2 Å². The van der Waals surface area contributed by atoms with E-state index in [-0.39, 0.29) is 12.0 Å². The summed E-state index contributed by atoms with van der Waals surface area (Å²) in [5, 5.41) is 0. The molecule has 1 aromatic carbocycles. The SMILES string of the molecule is Cc1ccccc1C(=O)N(C=O)c1nc(N)c(F)cc1F. The predicted octanol–water partition coefficient (Wildman–Crippen LogP) is 2.05. The Kier molecular flexibility index (Phi) is 3.93. The second-order valence-electron chi connectivity index (χ2n) is 4.26. The number of rotatable bonds is 3. The van der Waals surface area contributed by atoms with Gasteiger partial charge in [0.05, 0.1) is 0 Å². The number of anilines is 2. The van der Waals surface area contributed by atoms with E-state index >= 15 is 0 Å². The fourth-order valence-electron chi connectivity index (χ4n) is 1.78. The van der Waals surface area contributed by atoms with E-state index in [2.05, 4.69) is 4.98 Å². The van der Waals surface area contributed by atoms with Crippen molar-refractivity contribution >= 4 is 24.0 Å². The van der Waals surface area contributed by atoms with Crippen molar-refractivity contribution in [3.05, 3.63) is 53.1 Å². The quantitative estimate of drug-likeness (QED) is 0.878. The number of aromatic nitrogens is 1. The molecule has 5 nitrogen and oxygen atoms in total. The molecule has 108 valence electrons. The Morgan fingerprint density at radius 2 is 1.95 bits per heavy atom. The molecule has 0 aliphatic carbocycles. The third-order valence-electron chi connectivity index (χ3n) is 2.87. The Morgan fingerprint density at radius 3 is 2.57 bits per heavy atom. The lowest BCUT2D eigenvalue weighted by Gasteiger charge is -2.16. The number of halogens is 2. The first kappa shape index (κ1) is 14.6. The molecule has 7 heteroatoms. The van der Waals surface area contributed by atoms with Gasteiger partial charge in [0.25, 0.3) is 5.91 Å². The summed E-state index contributed by atoms with van der Waals surface area (Å²) in [5.41, 5.74) is 6.05. The first-order chi connectivity index (χ1) is 9.95. The number of benzene rings is 1. The lowest BCUT2D eigenvalue weighted by atomic mass is 10.1. The highest BCUT2D eigenvalue weighted by molar-refractivity contribution is 6.15. The number of nitrogen functional groups attached to an aromatic ring is 1. The van der Waals surface area contributed by atoms with Crippen molar-refractivity contribution in [2.45, 2.75) is 6.92 Å². The minimum Gasteiger partial charge on any atom is -0.381 e. The van der Waals surface area contributed by atoms with Gasteiger partial charge in [-0.25, -0.2) is 18.7 Å². The summed E-state index contributed by atoms with van der Waals surface area (Å²) in [4.78, 5) is 27.3. The first-order valence-corrected chi connectivity index (χ1v) is 5.91. The van der Waals surface area contributed by atoms with Crippen LogP contribution < -0.4 is 10.6 Å². The Hall–Kier alpha value is -2.83. The molecule has 0 saturated heterocycles. The van der Waals surface area contributed by atoms with Crippen LogP contribution in [0.5, 0.6) is 0 Å². The van der Waals surface area contributed by atoms with Crippen molar-refractivity contribution < 1.29 is 18.4 Å². The molecule has 0 spiro atoms. The highest BCUT2D eigenvalue weighted by Gasteiger charge is 2.24. The van der Waals surface area contributed by atoms with Gasteiger partial charge in [0.15, 0.2) is 23.3 Å². The van der Waals surface area contributed by atoms with E-state index in [1.165, 1.54) is 6.07 Å². The van der Waals surface area contributed by atoms with Crippen LogP contribution in [0, 0.1) is 18.6 Å². The molecule has 1 aromatic heterocycles. The molecule has 0 aliphatic heterocycles. The molecule has 0 unspecified atom stereocenters. The number of aryl methyl sites for hydroxylation is 1. The Labute approximate surface area is 119 Å². The third-order valence-corrected chi connectivity index (χ3v) is 2.87. The number of hydrogen-bond donors (Lipinski definition) is 1. The molecule has 21 heavy (non-hydrogen) atoms. The second kappa shape index (κ2) is 5.66. The Morgan fingerprint density at radius 1 is 1.29 bits per heavy atom. The number of amides is 2. The molecule has 0 aliphatic rings. The number of imide groups is 1. The summed E-state index contributed by atoms with van der Waals surface area (Å²) in [6, 6.07) is 6.94. The standard InChI is InChI=1S/C14H11F2N3O2/c1-8-4-2-3-5-9(8)14(21)19(7-20)13-11(16)6-10(15)12(17)18-13/h2-7H,1H3,(H2,17,18). The molecule has 1 heterocycles. The minimum absolute atomic E-state index is 0.109. The van der Waals surface area contributed by atoms with Gasteiger partial charge in [-0.2, -0.15) is 0 Å². The van der Waals surface area contributed by atoms with E-state index in [0.717, 1.165) is 0 Å². The fourth-order valence-corrected chi connectivity index (χ4v) is 1.78. The molecule has 2 N–H and O–H groups in total. The van der Waals surface area contributed by atoms with Gasteiger partial charge >= 0.3 is 0 Å². The lowest BCUT2D eigenvalue weighted by molar-refractivity contribution is -0.107. The molecule has 2 rings (SSSR count). The van der Waals surface area contributed by atoms with Gasteiger partial charge in [-0.05, 0) is 18.6 Å². The van der Waals surface area contributed by atoms with E-state index in [0.29, 0.717) is 16.5 Å². The van der Waals surface area contributed by atoms with Crippen LogP contribution >= 0.6 is 0 Å².